The van der Waals surface area contributed by atoms with Crippen LogP contribution in [0.2, 0.25) is 0 Å². The monoisotopic (exact) mass is 532 g/mol. The van der Waals surface area contributed by atoms with Crippen LogP contribution in [-0.2, 0) is 20.8 Å². The van der Waals surface area contributed by atoms with Crippen LogP contribution in [0, 0.1) is 49.4 Å². The van der Waals surface area contributed by atoms with Gasteiger partial charge in [-0.15, -0.1) is 0 Å². The summed E-state index contributed by atoms with van der Waals surface area (Å²) in [5.41, 5.74) is 3.72. The molecule has 202 valence electrons. The van der Waals surface area contributed by atoms with Gasteiger partial charge in [-0.2, -0.15) is 0 Å². The minimum atomic E-state index is -0.921. The number of hydrogen-bond acceptors (Lipinski definition) is 4. The van der Waals surface area contributed by atoms with Gasteiger partial charge >= 0.3 is 0 Å². The van der Waals surface area contributed by atoms with Crippen LogP contribution in [0.5, 0.6) is 11.5 Å². The van der Waals surface area contributed by atoms with Gasteiger partial charge in [0, 0.05) is 12.1 Å². The lowest BCUT2D eigenvalue weighted by Gasteiger charge is -2.37. The highest BCUT2D eigenvalue weighted by Crippen LogP contribution is 2.65. The highest BCUT2D eigenvalue weighted by Gasteiger charge is 2.67. The van der Waals surface area contributed by atoms with Crippen LogP contribution in [0.25, 0.3) is 0 Å². The second-order valence-electron chi connectivity index (χ2n) is 11.8. The predicted molar refractivity (Wildman–Crippen MR) is 152 cm³/mol. The van der Waals surface area contributed by atoms with E-state index in [1.807, 2.05) is 56.3 Å². The van der Waals surface area contributed by atoms with Crippen molar-refractivity contribution in [2.45, 2.75) is 32.7 Å². The standard InChI is InChI=1S/C34H32N2O4/c1-19-14-20(2)16-24(15-19)40-23-10-8-22(9-11-23)35-32(37)29(17-21-6-4-3-5-7-21)36-33(38)30-25-12-13-26(28-18-27(25)28)31(30)34(36)39/h3-16,25-31H,17-18H2,1-2H3,(H,35,37)/t25-,26-,27-,28+,29-,30+,31+/m1/s1. The molecule has 1 aliphatic heterocycles. The molecule has 2 bridgehead atoms. The molecule has 8 rings (SSSR count). The lowest BCUT2D eigenvalue weighted by atomic mass is 9.63. The molecule has 1 N–H and O–H groups in total. The van der Waals surface area contributed by atoms with Crippen molar-refractivity contribution in [1.82, 2.24) is 4.90 Å². The summed E-state index contributed by atoms with van der Waals surface area (Å²) in [6.45, 7) is 4.05. The molecule has 1 saturated heterocycles. The average Bonchev–Trinajstić information content (AvgIpc) is 3.72. The Morgan fingerprint density at radius 1 is 0.850 bits per heavy atom. The first-order valence-corrected chi connectivity index (χ1v) is 14.1. The second-order valence-corrected chi connectivity index (χ2v) is 11.8. The Bertz CT molecular complexity index is 1470. The van der Waals surface area contributed by atoms with Gasteiger partial charge < -0.3 is 10.1 Å². The molecular formula is C34H32N2O4. The van der Waals surface area contributed by atoms with Crippen molar-refractivity contribution in [3.8, 4) is 11.5 Å². The number of ether oxygens (including phenoxy) is 1. The Morgan fingerprint density at radius 3 is 2.05 bits per heavy atom. The zero-order chi connectivity index (χ0) is 27.5. The van der Waals surface area contributed by atoms with E-state index in [1.54, 1.807) is 24.3 Å². The first kappa shape index (κ1) is 24.8. The van der Waals surface area contributed by atoms with Gasteiger partial charge in [-0.1, -0.05) is 48.6 Å². The van der Waals surface area contributed by atoms with E-state index >= 15 is 0 Å². The molecule has 7 atom stereocenters. The number of rotatable bonds is 7. The van der Waals surface area contributed by atoms with Crippen LogP contribution >= 0.6 is 0 Å². The van der Waals surface area contributed by atoms with Crippen molar-refractivity contribution >= 4 is 23.4 Å². The molecule has 3 fully saturated rings. The Kier molecular flexibility index (Phi) is 5.88. The van der Waals surface area contributed by atoms with E-state index in [9.17, 15) is 14.4 Å². The van der Waals surface area contributed by atoms with Gasteiger partial charge in [-0.3, -0.25) is 19.3 Å². The molecule has 2 saturated carbocycles. The average molecular weight is 533 g/mol. The number of carbonyl (C=O) groups is 3. The van der Waals surface area contributed by atoms with E-state index in [2.05, 4.69) is 23.5 Å². The highest BCUT2D eigenvalue weighted by atomic mass is 16.5. The van der Waals surface area contributed by atoms with Crippen molar-refractivity contribution in [1.29, 1.82) is 0 Å². The van der Waals surface area contributed by atoms with Gasteiger partial charge in [-0.05, 0) is 97.0 Å². The van der Waals surface area contributed by atoms with Gasteiger partial charge in [0.05, 0.1) is 11.8 Å². The Morgan fingerprint density at radius 2 is 1.45 bits per heavy atom. The summed E-state index contributed by atoms with van der Waals surface area (Å²) in [7, 11) is 0. The number of allylic oxidation sites excluding steroid dienone is 2. The van der Waals surface area contributed by atoms with Crippen LogP contribution in [0.3, 0.4) is 0 Å². The molecule has 1 heterocycles. The summed E-state index contributed by atoms with van der Waals surface area (Å²) in [4.78, 5) is 42.8. The summed E-state index contributed by atoms with van der Waals surface area (Å²) >= 11 is 0. The van der Waals surface area contributed by atoms with Crippen molar-refractivity contribution in [3.05, 3.63) is 102 Å². The summed E-state index contributed by atoms with van der Waals surface area (Å²) < 4.78 is 6.01. The third-order valence-electron chi connectivity index (χ3n) is 9.14. The largest absolute Gasteiger partial charge is 0.457 e. The number of likely N-dealkylation sites (tertiary alicyclic amines) is 1. The van der Waals surface area contributed by atoms with Gasteiger partial charge in [0.15, 0.2) is 0 Å². The fraction of sp³-hybridized carbons (Fsp3) is 0.324. The van der Waals surface area contributed by atoms with Crippen LogP contribution in [0.15, 0.2) is 84.9 Å². The normalized spacial score (nSPS) is 28.2. The van der Waals surface area contributed by atoms with Crippen molar-refractivity contribution in [2.75, 3.05) is 5.32 Å². The topological polar surface area (TPSA) is 75.7 Å². The zero-order valence-electron chi connectivity index (χ0n) is 22.6. The third kappa shape index (κ3) is 4.23. The fourth-order valence-electron chi connectivity index (χ4n) is 7.39. The molecule has 40 heavy (non-hydrogen) atoms. The maximum atomic E-state index is 13.8. The Balaban J connectivity index is 1.12. The SMILES string of the molecule is Cc1cc(C)cc(Oc2ccc(NC(=O)[C@@H](Cc3ccccc3)N3C(=O)[C@H]4[C@@H]5C=C[C@H]([C@@H]6C[C@H]56)[C@@H]4C3=O)cc2)c1. The number of hydrogen-bond donors (Lipinski definition) is 1. The third-order valence-corrected chi connectivity index (χ3v) is 9.14. The number of carbonyl (C=O) groups excluding carboxylic acids is 3. The molecule has 0 aromatic heterocycles. The minimum absolute atomic E-state index is 0.117. The van der Waals surface area contributed by atoms with Crippen molar-refractivity contribution in [2.24, 2.45) is 35.5 Å². The molecule has 3 aromatic carbocycles. The molecule has 4 aliphatic carbocycles. The molecule has 0 radical (unpaired) electrons. The fourth-order valence-corrected chi connectivity index (χ4v) is 7.39. The first-order chi connectivity index (χ1) is 19.4. The molecule has 5 aliphatic rings. The lowest BCUT2D eigenvalue weighted by Crippen LogP contribution is -2.49. The van der Waals surface area contributed by atoms with Crippen LogP contribution in [-0.4, -0.2) is 28.7 Å². The Labute approximate surface area is 234 Å². The van der Waals surface area contributed by atoms with Gasteiger partial charge in [0.1, 0.15) is 17.5 Å². The predicted octanol–water partition coefficient (Wildman–Crippen LogP) is 5.70. The number of imide groups is 1. The number of nitrogens with zero attached hydrogens (tertiary/aromatic N) is 1. The van der Waals surface area contributed by atoms with E-state index in [1.165, 1.54) is 4.90 Å². The highest BCUT2D eigenvalue weighted by molar-refractivity contribution is 6.10. The van der Waals surface area contributed by atoms with Crippen LogP contribution in [0.4, 0.5) is 5.69 Å². The van der Waals surface area contributed by atoms with Gasteiger partial charge in [0.25, 0.3) is 0 Å². The minimum Gasteiger partial charge on any atom is -0.457 e. The molecule has 6 nitrogen and oxygen atoms in total. The van der Waals surface area contributed by atoms with E-state index < -0.39 is 6.04 Å². The molecular weight excluding hydrogens is 500 g/mol. The number of anilines is 1. The van der Waals surface area contributed by atoms with Crippen LogP contribution < -0.4 is 10.1 Å². The maximum absolute atomic E-state index is 13.8. The number of amides is 3. The van der Waals surface area contributed by atoms with Crippen molar-refractivity contribution < 1.29 is 19.1 Å². The van der Waals surface area contributed by atoms with Gasteiger partial charge in [-0.25, -0.2) is 0 Å². The molecule has 3 amide bonds. The van der Waals surface area contributed by atoms with Crippen molar-refractivity contribution in [3.63, 3.8) is 0 Å². The Hall–Kier alpha value is -4.19. The van der Waals surface area contributed by atoms with E-state index in [0.717, 1.165) is 28.9 Å². The second kappa shape index (κ2) is 9.47. The van der Waals surface area contributed by atoms with E-state index in [0.29, 0.717) is 23.3 Å². The van der Waals surface area contributed by atoms with Gasteiger partial charge in [0.2, 0.25) is 17.7 Å². The van der Waals surface area contributed by atoms with E-state index in [4.69, 9.17) is 4.74 Å². The quantitative estimate of drug-likeness (QED) is 0.313. The number of benzene rings is 3. The zero-order valence-corrected chi connectivity index (χ0v) is 22.6. The lowest BCUT2D eigenvalue weighted by molar-refractivity contribution is -0.146. The first-order valence-electron chi connectivity index (χ1n) is 14.1. The number of nitrogens with one attached hydrogen (secondary N) is 1. The summed E-state index contributed by atoms with van der Waals surface area (Å²) in [6, 6.07) is 21.9. The summed E-state index contributed by atoms with van der Waals surface area (Å²) in [5, 5.41) is 2.97. The summed E-state index contributed by atoms with van der Waals surface area (Å²) in [5.74, 6) is 1.26. The molecule has 3 aromatic rings. The molecule has 0 unspecified atom stereocenters. The summed E-state index contributed by atoms with van der Waals surface area (Å²) in [6.07, 6.45) is 5.69. The smallest absolute Gasteiger partial charge is 0.248 e. The molecule has 6 heteroatoms. The number of aryl methyl sites for hydroxylation is 2. The van der Waals surface area contributed by atoms with E-state index in [-0.39, 0.29) is 47.8 Å². The van der Waals surface area contributed by atoms with Crippen LogP contribution in [0.1, 0.15) is 23.1 Å². The maximum Gasteiger partial charge on any atom is 0.248 e. The molecule has 0 spiro atoms.